The second-order valence-electron chi connectivity index (χ2n) is 3.68. The predicted octanol–water partition coefficient (Wildman–Crippen LogP) is 2.37. The quantitative estimate of drug-likeness (QED) is 0.848. The monoisotopic (exact) mass is 250 g/mol. The molecule has 17 heavy (non-hydrogen) atoms. The van der Waals surface area contributed by atoms with E-state index >= 15 is 0 Å². The third kappa shape index (κ3) is 2.85. The number of halogens is 1. The molecular formula is C12H11ClN2O2. The van der Waals surface area contributed by atoms with Gasteiger partial charge in [0.1, 0.15) is 0 Å². The van der Waals surface area contributed by atoms with Crippen LogP contribution in [-0.4, -0.2) is 20.9 Å². The molecule has 0 unspecified atom stereocenters. The number of aromatic carboxylic acids is 1. The molecule has 1 aromatic heterocycles. The molecule has 0 atom stereocenters. The number of aromatic nitrogens is 2. The third-order valence-electron chi connectivity index (χ3n) is 2.40. The van der Waals surface area contributed by atoms with Gasteiger partial charge in [-0.15, -0.1) is 11.6 Å². The second-order valence-corrected chi connectivity index (χ2v) is 3.95. The molecule has 5 heteroatoms. The molecular weight excluding hydrogens is 240 g/mol. The van der Waals surface area contributed by atoms with Crippen LogP contribution < -0.4 is 0 Å². The van der Waals surface area contributed by atoms with Gasteiger partial charge >= 0.3 is 5.97 Å². The molecule has 88 valence electrons. The molecule has 0 radical (unpaired) electrons. The van der Waals surface area contributed by atoms with Crippen molar-refractivity contribution in [3.63, 3.8) is 0 Å². The smallest absolute Gasteiger partial charge is 0.338 e. The lowest BCUT2D eigenvalue weighted by Gasteiger charge is -2.02. The Kier molecular flexibility index (Phi) is 3.44. The van der Waals surface area contributed by atoms with E-state index in [2.05, 4.69) is 5.10 Å². The molecule has 2 rings (SSSR count). The van der Waals surface area contributed by atoms with Gasteiger partial charge < -0.3 is 5.11 Å². The average molecular weight is 251 g/mol. The third-order valence-corrected chi connectivity index (χ3v) is 2.71. The minimum atomic E-state index is -0.964. The van der Waals surface area contributed by atoms with E-state index in [1.165, 1.54) is 12.4 Å². The fraction of sp³-hybridized carbons (Fsp3) is 0.167. The summed E-state index contributed by atoms with van der Waals surface area (Å²) >= 11 is 5.69. The summed E-state index contributed by atoms with van der Waals surface area (Å²) in [6.45, 7) is 0.551. The number of alkyl halides is 1. The van der Waals surface area contributed by atoms with E-state index in [1.807, 2.05) is 24.3 Å². The van der Waals surface area contributed by atoms with Gasteiger partial charge in [-0.1, -0.05) is 24.3 Å². The Balaban J connectivity index is 2.11. The van der Waals surface area contributed by atoms with Crippen LogP contribution in [0.1, 0.15) is 21.5 Å². The van der Waals surface area contributed by atoms with Crippen LogP contribution in [0.25, 0.3) is 0 Å². The van der Waals surface area contributed by atoms with Gasteiger partial charge in [0.25, 0.3) is 0 Å². The fourth-order valence-electron chi connectivity index (χ4n) is 1.48. The van der Waals surface area contributed by atoms with Crippen LogP contribution in [0.5, 0.6) is 0 Å². The summed E-state index contributed by atoms with van der Waals surface area (Å²) in [5, 5.41) is 12.7. The maximum Gasteiger partial charge on any atom is 0.338 e. The van der Waals surface area contributed by atoms with Crippen LogP contribution in [0.15, 0.2) is 36.7 Å². The first-order chi connectivity index (χ1) is 8.19. The summed E-state index contributed by atoms with van der Waals surface area (Å²) in [5.41, 5.74) is 2.31. The van der Waals surface area contributed by atoms with E-state index in [0.717, 1.165) is 11.1 Å². The first kappa shape index (κ1) is 11.7. The fourth-order valence-corrected chi connectivity index (χ4v) is 1.66. The Hall–Kier alpha value is -1.81. The van der Waals surface area contributed by atoms with Gasteiger partial charge in [-0.05, 0) is 11.1 Å². The molecule has 1 aromatic carbocycles. The van der Waals surface area contributed by atoms with E-state index in [-0.39, 0.29) is 5.56 Å². The Morgan fingerprint density at radius 1 is 1.29 bits per heavy atom. The largest absolute Gasteiger partial charge is 0.478 e. The van der Waals surface area contributed by atoms with Gasteiger partial charge in [-0.2, -0.15) is 5.10 Å². The summed E-state index contributed by atoms with van der Waals surface area (Å²) in [4.78, 5) is 10.7. The van der Waals surface area contributed by atoms with Gasteiger partial charge in [0.15, 0.2) is 0 Å². The molecule has 0 amide bonds. The van der Waals surface area contributed by atoms with E-state index in [0.29, 0.717) is 12.4 Å². The molecule has 0 saturated heterocycles. The van der Waals surface area contributed by atoms with Crippen molar-refractivity contribution < 1.29 is 9.90 Å². The lowest BCUT2D eigenvalue weighted by atomic mass is 10.1. The Morgan fingerprint density at radius 3 is 2.47 bits per heavy atom. The number of rotatable bonds is 4. The number of hydrogen-bond donors (Lipinski definition) is 1. The van der Waals surface area contributed by atoms with Crippen LogP contribution in [0.4, 0.5) is 0 Å². The predicted molar refractivity (Wildman–Crippen MR) is 64.3 cm³/mol. The molecule has 2 aromatic rings. The lowest BCUT2D eigenvalue weighted by molar-refractivity contribution is 0.0697. The van der Waals surface area contributed by atoms with Crippen molar-refractivity contribution in [1.82, 2.24) is 9.78 Å². The van der Waals surface area contributed by atoms with E-state index < -0.39 is 5.97 Å². The van der Waals surface area contributed by atoms with Crippen LogP contribution in [0.3, 0.4) is 0 Å². The molecule has 0 aliphatic heterocycles. The van der Waals surface area contributed by atoms with Crippen molar-refractivity contribution in [2.24, 2.45) is 0 Å². The number of hydrogen-bond acceptors (Lipinski definition) is 2. The highest BCUT2D eigenvalue weighted by Crippen LogP contribution is 2.08. The molecule has 0 spiro atoms. The van der Waals surface area contributed by atoms with Crippen molar-refractivity contribution in [2.75, 3.05) is 0 Å². The van der Waals surface area contributed by atoms with E-state index in [9.17, 15) is 4.79 Å². The molecule has 1 N–H and O–H groups in total. The number of nitrogens with zero attached hydrogens (tertiary/aromatic N) is 2. The maximum absolute atomic E-state index is 10.7. The topological polar surface area (TPSA) is 55.1 Å². The SMILES string of the molecule is O=C(O)c1cnn(Cc2ccc(CCl)cc2)c1. The second kappa shape index (κ2) is 5.01. The van der Waals surface area contributed by atoms with Crippen molar-refractivity contribution in [2.45, 2.75) is 12.4 Å². The minimum absolute atomic E-state index is 0.197. The maximum atomic E-state index is 10.7. The zero-order valence-corrected chi connectivity index (χ0v) is 9.76. The zero-order valence-electron chi connectivity index (χ0n) is 9.01. The molecule has 0 aliphatic carbocycles. The first-order valence-electron chi connectivity index (χ1n) is 5.08. The molecule has 1 heterocycles. The Bertz CT molecular complexity index is 520. The highest BCUT2D eigenvalue weighted by Gasteiger charge is 2.05. The summed E-state index contributed by atoms with van der Waals surface area (Å²) in [6.07, 6.45) is 2.85. The van der Waals surface area contributed by atoms with Gasteiger partial charge in [-0.25, -0.2) is 4.79 Å². The number of carboxylic acids is 1. The van der Waals surface area contributed by atoms with Crippen LogP contribution >= 0.6 is 11.6 Å². The summed E-state index contributed by atoms with van der Waals surface area (Å²) < 4.78 is 1.60. The van der Waals surface area contributed by atoms with Crippen molar-refractivity contribution in [3.05, 3.63) is 53.3 Å². The molecule has 0 saturated carbocycles. The zero-order chi connectivity index (χ0) is 12.3. The van der Waals surface area contributed by atoms with Crippen molar-refractivity contribution in [3.8, 4) is 0 Å². The summed E-state index contributed by atoms with van der Waals surface area (Å²) in [6, 6.07) is 7.81. The normalized spacial score (nSPS) is 10.4. The molecule has 0 bridgehead atoms. The standard InChI is InChI=1S/C12H11ClN2O2/c13-5-9-1-3-10(4-2-9)7-15-8-11(6-14-15)12(16)17/h1-4,6,8H,5,7H2,(H,16,17). The Morgan fingerprint density at radius 2 is 1.94 bits per heavy atom. The summed E-state index contributed by atoms with van der Waals surface area (Å²) in [7, 11) is 0. The highest BCUT2D eigenvalue weighted by molar-refractivity contribution is 6.17. The first-order valence-corrected chi connectivity index (χ1v) is 5.62. The summed E-state index contributed by atoms with van der Waals surface area (Å²) in [5.74, 6) is -0.473. The van der Waals surface area contributed by atoms with Crippen LogP contribution in [-0.2, 0) is 12.4 Å². The van der Waals surface area contributed by atoms with Crippen molar-refractivity contribution in [1.29, 1.82) is 0 Å². The molecule has 0 aliphatic rings. The van der Waals surface area contributed by atoms with Gasteiger partial charge in [0.05, 0.1) is 18.3 Å². The molecule has 0 fully saturated rings. The van der Waals surface area contributed by atoms with Crippen LogP contribution in [0.2, 0.25) is 0 Å². The van der Waals surface area contributed by atoms with Crippen molar-refractivity contribution >= 4 is 17.6 Å². The average Bonchev–Trinajstić information content (AvgIpc) is 2.79. The van der Waals surface area contributed by atoms with Crippen LogP contribution in [0, 0.1) is 0 Å². The minimum Gasteiger partial charge on any atom is -0.478 e. The van der Waals surface area contributed by atoms with Gasteiger partial charge in [0, 0.05) is 12.1 Å². The number of benzene rings is 1. The number of carboxylic acid groups (broad SMARTS) is 1. The van der Waals surface area contributed by atoms with E-state index in [1.54, 1.807) is 4.68 Å². The highest BCUT2D eigenvalue weighted by atomic mass is 35.5. The number of carbonyl (C=O) groups is 1. The van der Waals surface area contributed by atoms with E-state index in [4.69, 9.17) is 16.7 Å². The van der Waals surface area contributed by atoms with Gasteiger partial charge in [-0.3, -0.25) is 4.68 Å². The van der Waals surface area contributed by atoms with Gasteiger partial charge in [0.2, 0.25) is 0 Å². The Labute approximate surface area is 103 Å². The molecule has 4 nitrogen and oxygen atoms in total. The lowest BCUT2D eigenvalue weighted by Crippen LogP contribution is -2.00.